The highest BCUT2D eigenvalue weighted by Gasteiger charge is 2.16. The number of nitrogens with one attached hydrogen (secondary N) is 2. The van der Waals surface area contributed by atoms with Crippen LogP contribution in [0, 0.1) is 13.8 Å². The number of hydrazone groups is 2. The first-order chi connectivity index (χ1) is 19.6. The predicted octanol–water partition coefficient (Wildman–Crippen LogP) is 5.54. The number of sulfonamides is 2. The maximum atomic E-state index is 12.9. The maximum absolute atomic E-state index is 12.9. The molecule has 4 rings (SSSR count). The molecule has 0 saturated carbocycles. The van der Waals surface area contributed by atoms with Crippen LogP contribution in [0.4, 0.5) is 0 Å². The molecule has 0 aliphatic carbocycles. The molecule has 0 aliphatic rings. The lowest BCUT2D eigenvalue weighted by Crippen LogP contribution is -2.21. The van der Waals surface area contributed by atoms with Gasteiger partial charge in [-0.05, 0) is 68.5 Å². The Balaban J connectivity index is 1.54. The fourth-order valence-electron chi connectivity index (χ4n) is 3.98. The van der Waals surface area contributed by atoms with Gasteiger partial charge in [0.1, 0.15) is 0 Å². The lowest BCUT2D eigenvalue weighted by molar-refractivity contribution is 0.582. The van der Waals surface area contributed by atoms with Gasteiger partial charge in [-0.25, -0.2) is 0 Å². The Bertz CT molecular complexity index is 1590. The highest BCUT2D eigenvalue weighted by Crippen LogP contribution is 2.15. The summed E-state index contributed by atoms with van der Waals surface area (Å²) in [6.07, 6.45) is 1.36. The minimum Gasteiger partial charge on any atom is -0.200 e. The summed E-state index contributed by atoms with van der Waals surface area (Å²) in [5.41, 5.74) is 4.56. The van der Waals surface area contributed by atoms with Crippen LogP contribution in [0.25, 0.3) is 0 Å². The monoisotopic (exact) mass is 588 g/mol. The standard InChI is InChI=1S/C31H32N4O4S2/c1-24-16-20-28(21-17-24)40(36,37)34-32-30(26-10-5-3-6-11-26)14-9-15-31(27-12-7-4-8-13-27)33-35-41(38,39)29-22-18-25(2)19-23-29/h3-8,10-13,16-23,34-35H,9,14-15H2,1-2H3/b32-30-,33-31-. The van der Waals surface area contributed by atoms with Crippen LogP contribution in [0.2, 0.25) is 0 Å². The molecule has 4 aromatic carbocycles. The van der Waals surface area contributed by atoms with Gasteiger partial charge >= 0.3 is 0 Å². The molecule has 10 heteroatoms. The Morgan fingerprint density at radius 1 is 0.537 bits per heavy atom. The third-order valence-corrected chi connectivity index (χ3v) is 8.75. The molecule has 41 heavy (non-hydrogen) atoms. The number of hydrogen-bond acceptors (Lipinski definition) is 6. The van der Waals surface area contributed by atoms with Crippen LogP contribution >= 0.6 is 0 Å². The quantitative estimate of drug-likeness (QED) is 0.167. The zero-order valence-corrected chi connectivity index (χ0v) is 24.5. The Morgan fingerprint density at radius 3 is 1.22 bits per heavy atom. The molecule has 2 N–H and O–H groups in total. The average Bonchev–Trinajstić information content (AvgIpc) is 2.98. The van der Waals surface area contributed by atoms with Crippen LogP contribution in [0.15, 0.2) is 129 Å². The molecule has 0 heterocycles. The molecule has 212 valence electrons. The van der Waals surface area contributed by atoms with E-state index in [1.54, 1.807) is 24.3 Å². The van der Waals surface area contributed by atoms with Gasteiger partial charge in [-0.3, -0.25) is 0 Å². The fourth-order valence-corrected chi connectivity index (χ4v) is 5.64. The normalized spacial score (nSPS) is 12.6. The van der Waals surface area contributed by atoms with Crippen molar-refractivity contribution in [2.24, 2.45) is 10.2 Å². The molecule has 0 aliphatic heterocycles. The van der Waals surface area contributed by atoms with Gasteiger partial charge < -0.3 is 0 Å². The van der Waals surface area contributed by atoms with Gasteiger partial charge in [0.15, 0.2) is 0 Å². The van der Waals surface area contributed by atoms with E-state index in [1.165, 1.54) is 24.3 Å². The Labute approximate surface area is 242 Å². The summed E-state index contributed by atoms with van der Waals surface area (Å²) in [4.78, 5) is 4.98. The minimum atomic E-state index is -3.86. The number of aryl methyl sites for hydroxylation is 2. The van der Waals surface area contributed by atoms with E-state index in [-0.39, 0.29) is 9.79 Å². The lowest BCUT2D eigenvalue weighted by atomic mass is 10.0. The summed E-state index contributed by atoms with van der Waals surface area (Å²) >= 11 is 0. The van der Waals surface area contributed by atoms with E-state index in [0.29, 0.717) is 30.7 Å². The van der Waals surface area contributed by atoms with Gasteiger partial charge in [0.2, 0.25) is 0 Å². The van der Waals surface area contributed by atoms with Gasteiger partial charge in [0, 0.05) is 0 Å². The second-order valence-corrected chi connectivity index (χ2v) is 12.8. The summed E-state index contributed by atoms with van der Waals surface area (Å²) in [6.45, 7) is 3.77. The molecule has 8 nitrogen and oxygen atoms in total. The van der Waals surface area contributed by atoms with Crippen LogP contribution in [-0.2, 0) is 20.0 Å². The first kappa shape index (κ1) is 29.7. The molecule has 0 aromatic heterocycles. The number of hydrogen-bond donors (Lipinski definition) is 2. The largest absolute Gasteiger partial charge is 0.276 e. The van der Waals surface area contributed by atoms with Crippen molar-refractivity contribution in [2.45, 2.75) is 42.9 Å². The van der Waals surface area contributed by atoms with Crippen molar-refractivity contribution in [1.29, 1.82) is 0 Å². The van der Waals surface area contributed by atoms with Gasteiger partial charge in [0.25, 0.3) is 20.0 Å². The third kappa shape index (κ3) is 8.36. The van der Waals surface area contributed by atoms with E-state index in [1.807, 2.05) is 74.5 Å². The van der Waals surface area contributed by atoms with Crippen molar-refractivity contribution >= 4 is 31.5 Å². The molecule has 0 saturated heterocycles. The molecule has 0 radical (unpaired) electrons. The first-order valence-corrected chi connectivity index (χ1v) is 16.0. The van der Waals surface area contributed by atoms with Crippen molar-refractivity contribution in [3.63, 3.8) is 0 Å². The molecule has 0 atom stereocenters. The highest BCUT2D eigenvalue weighted by atomic mass is 32.2. The Hall–Kier alpha value is -4.28. The topological polar surface area (TPSA) is 117 Å². The molecule has 0 amide bonds. The summed E-state index contributed by atoms with van der Waals surface area (Å²) in [5.74, 6) is 0. The number of nitrogens with zero attached hydrogens (tertiary/aromatic N) is 2. The smallest absolute Gasteiger partial charge is 0.200 e. The van der Waals surface area contributed by atoms with Crippen molar-refractivity contribution in [3.8, 4) is 0 Å². The maximum Gasteiger partial charge on any atom is 0.276 e. The molecule has 0 fully saturated rings. The third-order valence-electron chi connectivity index (χ3n) is 6.31. The zero-order chi connectivity index (χ0) is 29.3. The van der Waals surface area contributed by atoms with E-state index in [9.17, 15) is 16.8 Å². The first-order valence-electron chi connectivity index (χ1n) is 13.0. The average molecular weight is 589 g/mol. The van der Waals surface area contributed by atoms with Crippen LogP contribution in [0.3, 0.4) is 0 Å². The summed E-state index contributed by atoms with van der Waals surface area (Å²) in [6, 6.07) is 31.7. The van der Waals surface area contributed by atoms with E-state index in [4.69, 9.17) is 0 Å². The molecular formula is C31H32N4O4S2. The summed E-state index contributed by atoms with van der Waals surface area (Å²) in [7, 11) is -7.71. The van der Waals surface area contributed by atoms with E-state index in [0.717, 1.165) is 22.3 Å². The predicted molar refractivity (Wildman–Crippen MR) is 163 cm³/mol. The van der Waals surface area contributed by atoms with E-state index >= 15 is 0 Å². The SMILES string of the molecule is Cc1ccc(S(=O)(=O)N/N=C(/CCC/C(=N/NS(=O)(=O)c2ccc(C)cc2)c2ccccc2)c2ccccc2)cc1. The van der Waals surface area contributed by atoms with Crippen molar-refractivity contribution < 1.29 is 16.8 Å². The van der Waals surface area contributed by atoms with Gasteiger partial charge in [0.05, 0.1) is 21.2 Å². The molecule has 0 spiro atoms. The van der Waals surface area contributed by atoms with Crippen LogP contribution in [0.5, 0.6) is 0 Å². The highest BCUT2D eigenvalue weighted by molar-refractivity contribution is 7.89. The van der Waals surface area contributed by atoms with Crippen LogP contribution in [0.1, 0.15) is 41.5 Å². The van der Waals surface area contributed by atoms with Crippen molar-refractivity contribution in [3.05, 3.63) is 131 Å². The molecular weight excluding hydrogens is 556 g/mol. The fraction of sp³-hybridized carbons (Fsp3) is 0.161. The number of rotatable bonds is 12. The molecule has 0 bridgehead atoms. The summed E-state index contributed by atoms with van der Waals surface area (Å²) in [5, 5.41) is 8.59. The zero-order valence-electron chi connectivity index (χ0n) is 22.9. The lowest BCUT2D eigenvalue weighted by Gasteiger charge is -2.11. The minimum absolute atomic E-state index is 0.124. The van der Waals surface area contributed by atoms with Crippen LogP contribution < -0.4 is 9.66 Å². The molecule has 0 unspecified atom stereocenters. The van der Waals surface area contributed by atoms with E-state index in [2.05, 4.69) is 19.9 Å². The second-order valence-electron chi connectivity index (χ2n) is 9.52. The van der Waals surface area contributed by atoms with Gasteiger partial charge in [-0.1, -0.05) is 96.1 Å². The van der Waals surface area contributed by atoms with Crippen LogP contribution in [-0.4, -0.2) is 28.3 Å². The molecule has 4 aromatic rings. The second kappa shape index (κ2) is 13.4. The van der Waals surface area contributed by atoms with Gasteiger partial charge in [-0.15, -0.1) is 0 Å². The summed E-state index contributed by atoms with van der Waals surface area (Å²) < 4.78 is 51.4. The Morgan fingerprint density at radius 2 is 0.878 bits per heavy atom. The van der Waals surface area contributed by atoms with Crippen molar-refractivity contribution in [1.82, 2.24) is 9.66 Å². The Kier molecular flexibility index (Phi) is 9.69. The van der Waals surface area contributed by atoms with Gasteiger partial charge in [-0.2, -0.15) is 36.7 Å². The van der Waals surface area contributed by atoms with E-state index < -0.39 is 20.0 Å². The number of benzene rings is 4. The van der Waals surface area contributed by atoms with Crippen molar-refractivity contribution in [2.75, 3.05) is 0 Å².